The van der Waals surface area contributed by atoms with E-state index in [1.54, 1.807) is 0 Å². The molecule has 30 rings (SSSR count). The van der Waals surface area contributed by atoms with Gasteiger partial charge in [-0.05, 0) is 231 Å². The number of aromatic nitrogens is 5. The fourth-order valence-electron chi connectivity index (χ4n) is 23.5. The van der Waals surface area contributed by atoms with Crippen molar-refractivity contribution in [2.24, 2.45) is 0 Å². The van der Waals surface area contributed by atoms with Crippen LogP contribution in [0.2, 0.25) is 0 Å². The predicted octanol–water partition coefficient (Wildman–Crippen LogP) is 34.6. The van der Waals surface area contributed by atoms with E-state index in [2.05, 4.69) is 475 Å². The highest BCUT2D eigenvalue weighted by molar-refractivity contribution is 7.26. The molecule has 0 bridgehead atoms. The zero-order valence-corrected chi connectivity index (χ0v) is 72.4. The van der Waals surface area contributed by atoms with Crippen molar-refractivity contribution < 1.29 is 4.42 Å². The van der Waals surface area contributed by atoms with Crippen LogP contribution in [0.4, 0.5) is 34.1 Å². The number of para-hydroxylation sites is 8. The molecule has 9 heterocycles. The van der Waals surface area contributed by atoms with Gasteiger partial charge in [0, 0.05) is 130 Å². The summed E-state index contributed by atoms with van der Waals surface area (Å²) in [6.45, 7) is 0. The molecule has 133 heavy (non-hydrogen) atoms. The molecule has 0 N–H and O–H groups in total. The molecule has 0 atom stereocenters. The second kappa shape index (κ2) is 27.5. The van der Waals surface area contributed by atoms with E-state index in [0.717, 1.165) is 172 Å². The summed E-state index contributed by atoms with van der Waals surface area (Å²) in [5.74, 6) is 0. The number of thiophene rings is 1. The standard InChI is InChI=1S/C124H73N7OS/c1-5-29-74(30-6-1)75-59-62-82(63-60-75)128(106-68-65-90-85-39-15-20-49-98(85)130-104-53-27-52-103-120(104)116-93(117(106)122(90)130)46-25-51-102(116)129(103)84-64-67-100-95(73-84)86-40-16-19-48-97(86)126(100)80-34-9-3-10-35-80)109-72-78(71-108-115(109)92-44-17-21-50-99(92)127(108)81-36-11-4-12-37-81)76-61-66-101-96(70-76)114-89-43-14-13-42-88(89)113(119-94-47-26-57-111-118(94)121-105(131(101)123(114)119)54-28-58-112(121)133-111)77-31-23-38-83(69-77)125(79-32-7-2-8-33-79)107-55-24-45-91-87-41-18-22-56-110(87)132-124(91)107/h1-73H. The number of hydrogen-bond acceptors (Lipinski definition) is 4. The minimum atomic E-state index is 0.840. The highest BCUT2D eigenvalue weighted by Crippen LogP contribution is 2.57. The average molecular weight is 1710 g/mol. The summed E-state index contributed by atoms with van der Waals surface area (Å²) in [5, 5.41) is 23.7. The van der Waals surface area contributed by atoms with Crippen LogP contribution in [0.1, 0.15) is 0 Å². The molecular formula is C124H73N7OS. The van der Waals surface area contributed by atoms with Crippen LogP contribution in [-0.2, 0) is 0 Å². The Hall–Kier alpha value is -17.5. The lowest BCUT2D eigenvalue weighted by Crippen LogP contribution is -2.11. The third-order valence-corrected chi connectivity index (χ3v) is 29.9. The summed E-state index contributed by atoms with van der Waals surface area (Å²) in [7, 11) is 0. The number of nitrogens with zero attached hydrogens (tertiary/aromatic N) is 7. The first-order chi connectivity index (χ1) is 66.0. The van der Waals surface area contributed by atoms with Gasteiger partial charge in [-0.15, -0.1) is 11.3 Å². The maximum absolute atomic E-state index is 6.92. The lowest BCUT2D eigenvalue weighted by Gasteiger charge is -2.29. The summed E-state index contributed by atoms with van der Waals surface area (Å²) in [5.41, 5.74) is 31.7. The smallest absolute Gasteiger partial charge is 0.159 e. The van der Waals surface area contributed by atoms with E-state index in [0.29, 0.717) is 0 Å². The Labute approximate surface area is 764 Å². The average Bonchev–Trinajstić information content (AvgIpc) is 1.52. The molecule has 0 aliphatic carbocycles. The van der Waals surface area contributed by atoms with E-state index in [-0.39, 0.29) is 0 Å². The van der Waals surface area contributed by atoms with Crippen LogP contribution >= 0.6 is 11.3 Å². The van der Waals surface area contributed by atoms with Gasteiger partial charge in [-0.2, -0.15) is 0 Å². The molecule has 30 aromatic rings. The Morgan fingerprint density at radius 1 is 0.195 bits per heavy atom. The van der Waals surface area contributed by atoms with Gasteiger partial charge >= 0.3 is 0 Å². The van der Waals surface area contributed by atoms with Gasteiger partial charge in [0.2, 0.25) is 0 Å². The largest absolute Gasteiger partial charge is 0.454 e. The lowest BCUT2D eigenvalue weighted by atomic mass is 9.89. The lowest BCUT2D eigenvalue weighted by molar-refractivity contribution is 0.669. The van der Waals surface area contributed by atoms with Crippen molar-refractivity contribution in [1.29, 1.82) is 0 Å². The van der Waals surface area contributed by atoms with E-state index >= 15 is 0 Å². The monoisotopic (exact) mass is 1710 g/mol. The molecule has 0 aliphatic heterocycles. The van der Waals surface area contributed by atoms with Gasteiger partial charge in [-0.1, -0.05) is 267 Å². The molecule has 9 aromatic heterocycles. The van der Waals surface area contributed by atoms with E-state index in [4.69, 9.17) is 4.42 Å². The van der Waals surface area contributed by atoms with Crippen molar-refractivity contribution in [2.75, 3.05) is 9.80 Å². The second-order valence-electron chi connectivity index (χ2n) is 35.6. The summed E-state index contributed by atoms with van der Waals surface area (Å²) in [6, 6.07) is 166. The Bertz CT molecular complexity index is 10200. The highest BCUT2D eigenvalue weighted by Gasteiger charge is 2.33. The van der Waals surface area contributed by atoms with E-state index < -0.39 is 0 Å². The molecule has 0 spiro atoms. The Morgan fingerprint density at radius 3 is 1.49 bits per heavy atom. The molecule has 0 unspecified atom stereocenters. The summed E-state index contributed by atoms with van der Waals surface area (Å²) < 4.78 is 22.2. The second-order valence-corrected chi connectivity index (χ2v) is 36.7. The molecule has 21 aromatic carbocycles. The Balaban J connectivity index is 0.705. The molecule has 9 heteroatoms. The molecular weight excluding hydrogens is 1640 g/mol. The third kappa shape index (κ3) is 10.1. The normalized spacial score (nSPS) is 12.4. The van der Waals surface area contributed by atoms with Gasteiger partial charge in [0.05, 0.1) is 83.3 Å². The number of fused-ring (bicyclic) bond motifs is 21. The number of hydrogen-bond donors (Lipinski definition) is 0. The van der Waals surface area contributed by atoms with Crippen molar-refractivity contribution in [3.05, 3.63) is 443 Å². The van der Waals surface area contributed by atoms with Gasteiger partial charge in [-0.25, -0.2) is 0 Å². The van der Waals surface area contributed by atoms with Crippen LogP contribution in [0, 0.1) is 0 Å². The highest BCUT2D eigenvalue weighted by atomic mass is 32.1. The minimum Gasteiger partial charge on any atom is -0.454 e. The number of benzene rings is 21. The first-order valence-electron chi connectivity index (χ1n) is 45.7. The molecule has 0 radical (unpaired) electrons. The van der Waals surface area contributed by atoms with Crippen LogP contribution in [0.25, 0.3) is 245 Å². The quantitative estimate of drug-likeness (QED) is 0.122. The molecule has 0 saturated carbocycles. The maximum atomic E-state index is 6.92. The molecule has 616 valence electrons. The minimum absolute atomic E-state index is 0.840. The van der Waals surface area contributed by atoms with E-state index in [9.17, 15) is 0 Å². The summed E-state index contributed by atoms with van der Waals surface area (Å²) >= 11 is 1.89. The first kappa shape index (κ1) is 72.5. The van der Waals surface area contributed by atoms with E-state index in [1.165, 1.54) is 107 Å². The Morgan fingerprint density at radius 2 is 0.707 bits per heavy atom. The zero-order valence-electron chi connectivity index (χ0n) is 71.6. The van der Waals surface area contributed by atoms with Gasteiger partial charge in [0.25, 0.3) is 0 Å². The van der Waals surface area contributed by atoms with Crippen molar-refractivity contribution in [3.8, 4) is 50.4 Å². The SMILES string of the molecule is c1ccc(-c2ccc(N(c3cc(-c4ccc5c(c4)c4c6ccccc6c(-c6cccc(N(c7ccccc7)c7cccc8c7oc7ccccc78)c6)c6c7cccc8sc9cccc(c9c87)n5c64)cc4c3c3ccccc3n4-c3ccccc3)c3ccc4c5ccccc5n5c6cccc7c6c6c(cccc6n7-c6ccc7c(c6)c6ccccc6n7-c6ccccc6)c3c45)cc2)cc1. The van der Waals surface area contributed by atoms with Gasteiger partial charge in [0.1, 0.15) is 5.58 Å². The molecule has 0 saturated heterocycles. The zero-order chi connectivity index (χ0) is 86.5. The van der Waals surface area contributed by atoms with Gasteiger partial charge in [0.15, 0.2) is 5.58 Å². The number of anilines is 6. The Kier molecular flexibility index (Phi) is 15.0. The number of rotatable bonds is 12. The molecule has 0 fully saturated rings. The van der Waals surface area contributed by atoms with Gasteiger partial charge in [-0.3, -0.25) is 0 Å². The van der Waals surface area contributed by atoms with E-state index in [1.807, 2.05) is 11.3 Å². The third-order valence-electron chi connectivity index (χ3n) is 28.8. The fourth-order valence-corrected chi connectivity index (χ4v) is 24.7. The maximum Gasteiger partial charge on any atom is 0.159 e. The summed E-state index contributed by atoms with van der Waals surface area (Å²) in [6.07, 6.45) is 0. The van der Waals surface area contributed by atoms with Crippen molar-refractivity contribution in [1.82, 2.24) is 22.5 Å². The molecule has 8 nitrogen and oxygen atoms in total. The first-order valence-corrected chi connectivity index (χ1v) is 46.5. The van der Waals surface area contributed by atoms with Gasteiger partial charge < -0.3 is 36.7 Å². The van der Waals surface area contributed by atoms with Crippen molar-refractivity contribution in [3.63, 3.8) is 0 Å². The summed E-state index contributed by atoms with van der Waals surface area (Å²) in [4.78, 5) is 5.02. The van der Waals surface area contributed by atoms with Crippen LogP contribution < -0.4 is 9.80 Å². The topological polar surface area (TPSA) is 43.2 Å². The fraction of sp³-hybridized carbons (Fsp3) is 0. The van der Waals surface area contributed by atoms with Crippen LogP contribution in [0.5, 0.6) is 0 Å². The predicted molar refractivity (Wildman–Crippen MR) is 562 cm³/mol. The van der Waals surface area contributed by atoms with Crippen LogP contribution in [0.15, 0.2) is 447 Å². The van der Waals surface area contributed by atoms with Crippen LogP contribution in [-0.4, -0.2) is 22.5 Å². The molecule has 0 amide bonds. The van der Waals surface area contributed by atoms with Crippen molar-refractivity contribution in [2.45, 2.75) is 0 Å². The van der Waals surface area contributed by atoms with Crippen LogP contribution in [0.3, 0.4) is 0 Å². The molecule has 0 aliphatic rings. The number of furan rings is 1. The van der Waals surface area contributed by atoms with Crippen molar-refractivity contribution >= 4 is 240 Å².